The molecule has 2 aromatic rings. The number of para-hydroxylation sites is 2. The van der Waals surface area contributed by atoms with Gasteiger partial charge in [0.05, 0.1) is 11.3 Å². The predicted octanol–water partition coefficient (Wildman–Crippen LogP) is 1.97. The molecule has 1 amide bonds. The van der Waals surface area contributed by atoms with Crippen molar-refractivity contribution in [3.8, 4) is 11.8 Å². The maximum absolute atomic E-state index is 13.9. The minimum absolute atomic E-state index is 0.280. The van der Waals surface area contributed by atoms with Gasteiger partial charge < -0.3 is 19.3 Å². The van der Waals surface area contributed by atoms with Crippen LogP contribution < -0.4 is 9.64 Å². The van der Waals surface area contributed by atoms with E-state index in [1.54, 1.807) is 47.4 Å². The van der Waals surface area contributed by atoms with E-state index >= 15 is 0 Å². The van der Waals surface area contributed by atoms with Gasteiger partial charge >= 0.3 is 5.97 Å². The Morgan fingerprint density at radius 2 is 1.69 bits per heavy atom. The molecule has 3 rings (SSSR count). The smallest absolute Gasteiger partial charge is 0.344 e. The minimum Gasteiger partial charge on any atom is -0.481 e. The molecule has 8 heteroatoms. The summed E-state index contributed by atoms with van der Waals surface area (Å²) in [6.07, 6.45) is 0. The van der Waals surface area contributed by atoms with Crippen molar-refractivity contribution in [3.05, 3.63) is 59.9 Å². The van der Waals surface area contributed by atoms with Gasteiger partial charge in [-0.25, -0.2) is 9.18 Å². The van der Waals surface area contributed by atoms with Crippen LogP contribution in [0.2, 0.25) is 0 Å². The van der Waals surface area contributed by atoms with E-state index in [4.69, 9.17) is 14.7 Å². The lowest BCUT2D eigenvalue weighted by Crippen LogP contribution is -2.50. The summed E-state index contributed by atoms with van der Waals surface area (Å²) in [6, 6.07) is 15.0. The zero-order chi connectivity index (χ0) is 20.6. The third kappa shape index (κ3) is 5.23. The van der Waals surface area contributed by atoms with Gasteiger partial charge in [0.15, 0.2) is 13.2 Å². The minimum atomic E-state index is -0.698. The molecule has 0 unspecified atom stereocenters. The van der Waals surface area contributed by atoms with Crippen LogP contribution in [-0.2, 0) is 14.3 Å². The lowest BCUT2D eigenvalue weighted by Gasteiger charge is -2.36. The molecule has 1 aliphatic rings. The van der Waals surface area contributed by atoms with E-state index in [0.717, 1.165) is 0 Å². The first-order valence-corrected chi connectivity index (χ1v) is 9.13. The Morgan fingerprint density at radius 3 is 2.41 bits per heavy atom. The highest BCUT2D eigenvalue weighted by Gasteiger charge is 2.23. The molecule has 1 fully saturated rings. The van der Waals surface area contributed by atoms with E-state index in [2.05, 4.69) is 0 Å². The van der Waals surface area contributed by atoms with Crippen LogP contribution in [0.5, 0.6) is 5.75 Å². The van der Waals surface area contributed by atoms with Crippen molar-refractivity contribution >= 4 is 17.6 Å². The molecular formula is C21H20FN3O4. The number of hydrogen-bond acceptors (Lipinski definition) is 6. The Bertz CT molecular complexity index is 920. The normalized spacial score (nSPS) is 13.5. The molecular weight excluding hydrogens is 377 g/mol. The van der Waals surface area contributed by atoms with Crippen LogP contribution in [0.25, 0.3) is 0 Å². The lowest BCUT2D eigenvalue weighted by molar-refractivity contribution is -0.153. The van der Waals surface area contributed by atoms with Crippen LogP contribution in [-0.4, -0.2) is 56.2 Å². The topological polar surface area (TPSA) is 82.9 Å². The van der Waals surface area contributed by atoms with Crippen molar-refractivity contribution < 1.29 is 23.5 Å². The van der Waals surface area contributed by atoms with Crippen LogP contribution in [0.4, 0.5) is 10.1 Å². The highest BCUT2D eigenvalue weighted by molar-refractivity contribution is 5.81. The van der Waals surface area contributed by atoms with Gasteiger partial charge in [0.1, 0.15) is 17.6 Å². The fraction of sp³-hybridized carbons (Fsp3) is 0.286. The quantitative estimate of drug-likeness (QED) is 0.693. The molecule has 0 atom stereocenters. The van der Waals surface area contributed by atoms with Crippen LogP contribution in [0.3, 0.4) is 0 Å². The zero-order valence-corrected chi connectivity index (χ0v) is 15.7. The van der Waals surface area contributed by atoms with Gasteiger partial charge in [0.25, 0.3) is 5.91 Å². The first kappa shape index (κ1) is 20.1. The van der Waals surface area contributed by atoms with Gasteiger partial charge in [0.2, 0.25) is 0 Å². The van der Waals surface area contributed by atoms with E-state index in [1.807, 2.05) is 11.0 Å². The van der Waals surface area contributed by atoms with E-state index in [0.29, 0.717) is 37.4 Å². The van der Waals surface area contributed by atoms with E-state index < -0.39 is 12.6 Å². The second-order valence-electron chi connectivity index (χ2n) is 6.38. The molecule has 0 bridgehead atoms. The molecule has 1 heterocycles. The van der Waals surface area contributed by atoms with Crippen molar-refractivity contribution in [2.45, 2.75) is 0 Å². The molecule has 1 aliphatic heterocycles. The van der Waals surface area contributed by atoms with E-state index in [9.17, 15) is 14.0 Å². The molecule has 0 spiro atoms. The maximum atomic E-state index is 13.9. The number of amides is 1. The van der Waals surface area contributed by atoms with Crippen molar-refractivity contribution in [2.24, 2.45) is 0 Å². The number of rotatable bonds is 6. The maximum Gasteiger partial charge on any atom is 0.344 e. The highest BCUT2D eigenvalue weighted by Crippen LogP contribution is 2.20. The van der Waals surface area contributed by atoms with Gasteiger partial charge in [-0.3, -0.25) is 4.79 Å². The first-order valence-electron chi connectivity index (χ1n) is 9.13. The number of benzene rings is 2. The van der Waals surface area contributed by atoms with Crippen molar-refractivity contribution in [2.75, 3.05) is 44.3 Å². The molecule has 1 saturated heterocycles. The number of nitrogens with zero attached hydrogens (tertiary/aromatic N) is 3. The zero-order valence-electron chi connectivity index (χ0n) is 15.7. The highest BCUT2D eigenvalue weighted by atomic mass is 19.1. The van der Waals surface area contributed by atoms with Gasteiger partial charge in [0, 0.05) is 26.2 Å². The fourth-order valence-electron chi connectivity index (χ4n) is 3.00. The monoisotopic (exact) mass is 397 g/mol. The summed E-state index contributed by atoms with van der Waals surface area (Å²) in [5, 5.41) is 8.99. The largest absolute Gasteiger partial charge is 0.481 e. The number of esters is 1. The first-order chi connectivity index (χ1) is 14.1. The van der Waals surface area contributed by atoms with Crippen LogP contribution in [0.1, 0.15) is 5.56 Å². The third-order valence-electron chi connectivity index (χ3n) is 4.54. The second kappa shape index (κ2) is 9.55. The predicted molar refractivity (Wildman–Crippen MR) is 103 cm³/mol. The summed E-state index contributed by atoms with van der Waals surface area (Å²) in [4.78, 5) is 27.5. The standard InChI is InChI=1S/C21H20FN3O4/c22-17-6-2-3-7-18(17)24-9-11-25(12-10-24)20(26)14-29-21(27)15-28-19-8-4-1-5-16(19)13-23/h1-8H,9-12,14-15H2. The van der Waals surface area contributed by atoms with Gasteiger partial charge in [-0.1, -0.05) is 24.3 Å². The summed E-state index contributed by atoms with van der Waals surface area (Å²) in [7, 11) is 0. The lowest BCUT2D eigenvalue weighted by atomic mass is 10.2. The average molecular weight is 397 g/mol. The van der Waals surface area contributed by atoms with Crippen molar-refractivity contribution in [3.63, 3.8) is 0 Å². The summed E-state index contributed by atoms with van der Waals surface area (Å²) in [5.41, 5.74) is 0.824. The van der Waals surface area contributed by atoms with Gasteiger partial charge in [-0.05, 0) is 24.3 Å². The molecule has 7 nitrogen and oxygen atoms in total. The average Bonchev–Trinajstić information content (AvgIpc) is 2.76. The number of hydrogen-bond donors (Lipinski definition) is 0. The van der Waals surface area contributed by atoms with Crippen LogP contribution in [0, 0.1) is 17.1 Å². The molecule has 0 aromatic heterocycles. The SMILES string of the molecule is N#Cc1ccccc1OCC(=O)OCC(=O)N1CCN(c2ccccc2F)CC1. The van der Waals surface area contributed by atoms with E-state index in [1.165, 1.54) is 6.07 Å². The fourth-order valence-corrected chi connectivity index (χ4v) is 3.00. The number of halogens is 1. The molecule has 2 aromatic carbocycles. The summed E-state index contributed by atoms with van der Waals surface area (Å²) < 4.78 is 24.1. The Morgan fingerprint density at radius 1 is 1.00 bits per heavy atom. The van der Waals surface area contributed by atoms with Gasteiger partial charge in [-0.15, -0.1) is 0 Å². The molecule has 150 valence electrons. The van der Waals surface area contributed by atoms with Crippen LogP contribution in [0.15, 0.2) is 48.5 Å². The number of carbonyl (C=O) groups is 2. The number of carbonyl (C=O) groups excluding carboxylic acids is 2. The van der Waals surface area contributed by atoms with Crippen molar-refractivity contribution in [1.82, 2.24) is 4.90 Å². The van der Waals surface area contributed by atoms with Gasteiger partial charge in [-0.2, -0.15) is 5.26 Å². The molecule has 0 N–H and O–H groups in total. The molecule has 0 aliphatic carbocycles. The molecule has 0 radical (unpaired) electrons. The Labute approximate surface area is 167 Å². The number of piperazine rings is 1. The van der Waals surface area contributed by atoms with Crippen LogP contribution >= 0.6 is 0 Å². The Kier molecular flexibility index (Phi) is 6.63. The summed E-state index contributed by atoms with van der Waals surface area (Å²) >= 11 is 0. The third-order valence-corrected chi connectivity index (χ3v) is 4.54. The molecule has 0 saturated carbocycles. The number of nitriles is 1. The number of anilines is 1. The Hall–Kier alpha value is -3.60. The second-order valence-corrected chi connectivity index (χ2v) is 6.38. The van der Waals surface area contributed by atoms with Crippen molar-refractivity contribution in [1.29, 1.82) is 5.26 Å². The summed E-state index contributed by atoms with van der Waals surface area (Å²) in [6.45, 7) is 1.03. The Balaban J connectivity index is 1.41. The van der Waals surface area contributed by atoms with E-state index in [-0.39, 0.29) is 24.1 Å². The molecule has 29 heavy (non-hydrogen) atoms. The number of ether oxygens (including phenoxy) is 2. The summed E-state index contributed by atoms with van der Waals surface area (Å²) in [5.74, 6) is -1.03.